The molecule has 0 rings (SSSR count). The smallest absolute Gasteiger partial charge is 0.0905 e. The number of quaternary nitrogens is 1. The van der Waals surface area contributed by atoms with Gasteiger partial charge in [-0.1, -0.05) is 0 Å². The van der Waals surface area contributed by atoms with Crippen molar-refractivity contribution in [3.8, 4) is 0 Å². The van der Waals surface area contributed by atoms with Crippen molar-refractivity contribution >= 4 is 18.4 Å². The number of hydrogen-bond donors (Lipinski definition) is 1. The van der Waals surface area contributed by atoms with E-state index in [1.54, 1.807) is 0 Å². The Balaban J connectivity index is 0. The molecule has 0 heterocycles. The molecule has 0 aliphatic heterocycles. The van der Waals surface area contributed by atoms with Gasteiger partial charge in [0.1, 0.15) is 0 Å². The molecule has 0 saturated carbocycles. The van der Waals surface area contributed by atoms with E-state index in [2.05, 4.69) is 5.43 Å². The van der Waals surface area contributed by atoms with Gasteiger partial charge in [-0.25, -0.2) is 0 Å². The summed E-state index contributed by atoms with van der Waals surface area (Å²) in [7, 11) is 2.89. The van der Waals surface area contributed by atoms with E-state index < -0.39 is 17.5 Å². The summed E-state index contributed by atoms with van der Waals surface area (Å²) in [6.45, 7) is -2.13. The number of halogens is 1. The molecule has 0 radical (unpaired) electrons. The Morgan fingerprint density at radius 3 is 2.64 bits per heavy atom. The van der Waals surface area contributed by atoms with E-state index in [9.17, 15) is 9.90 Å². The fourth-order valence-corrected chi connectivity index (χ4v) is 0.437. The van der Waals surface area contributed by atoms with Gasteiger partial charge >= 0.3 is 0 Å². The van der Waals surface area contributed by atoms with Crippen molar-refractivity contribution < 1.29 is 18.6 Å². The molecule has 0 aliphatic rings. The number of nitrogens with one attached hydrogen (secondary N) is 1. The SMILES string of the molecule is Cl.[2H]C([2H])([2H])[N+](C)(C)NCCC(=O)[O-]. The number of nitrogens with zero attached hydrogens (tertiary/aromatic N) is 1. The summed E-state index contributed by atoms with van der Waals surface area (Å²) in [6, 6.07) is 0. The number of carbonyl (C=O) groups is 1. The number of carboxylic acid groups (broad SMARTS) is 1. The molecule has 0 unspecified atom stereocenters. The van der Waals surface area contributed by atoms with Crippen LogP contribution in [0.1, 0.15) is 10.5 Å². The van der Waals surface area contributed by atoms with Crippen molar-refractivity contribution in [3.05, 3.63) is 0 Å². The zero-order chi connectivity index (χ0) is 10.7. The van der Waals surface area contributed by atoms with Gasteiger partial charge in [-0.05, 0) is 0 Å². The van der Waals surface area contributed by atoms with Gasteiger partial charge in [-0.3, -0.25) is 4.59 Å². The minimum absolute atomic E-state index is 0. The molecule has 4 nitrogen and oxygen atoms in total. The van der Waals surface area contributed by atoms with Gasteiger partial charge in [0.05, 0.1) is 25.2 Å². The molecule has 0 saturated heterocycles. The fraction of sp³-hybridized carbons (Fsp3) is 0.833. The molecule has 0 bridgehead atoms. The predicted octanol–water partition coefficient (Wildman–Crippen LogP) is -1.24. The van der Waals surface area contributed by atoms with Crippen LogP contribution in [0.5, 0.6) is 0 Å². The Kier molecular flexibility index (Phi) is 3.57. The normalized spacial score (nSPS) is 15.6. The number of carbonyl (C=O) groups excluding carboxylic acids is 1. The van der Waals surface area contributed by atoms with Crippen LogP contribution in [-0.4, -0.2) is 38.2 Å². The first-order chi connectivity index (χ1) is 5.67. The van der Waals surface area contributed by atoms with Crippen LogP contribution in [0.2, 0.25) is 0 Å². The van der Waals surface area contributed by atoms with E-state index in [1.165, 1.54) is 14.1 Å². The lowest BCUT2D eigenvalue weighted by Crippen LogP contribution is -2.49. The Labute approximate surface area is 77.4 Å². The minimum atomic E-state index is -2.20. The molecule has 0 aromatic carbocycles. The summed E-state index contributed by atoms with van der Waals surface area (Å²) in [6.07, 6.45) is -0.197. The molecule has 68 valence electrons. The molecule has 0 spiro atoms. The van der Waals surface area contributed by atoms with E-state index in [4.69, 9.17) is 4.11 Å². The zero-order valence-electron chi connectivity index (χ0n) is 9.59. The van der Waals surface area contributed by atoms with Crippen molar-refractivity contribution in [2.45, 2.75) is 6.42 Å². The van der Waals surface area contributed by atoms with E-state index in [0.29, 0.717) is 0 Å². The molecule has 0 amide bonds. The Morgan fingerprint density at radius 2 is 2.27 bits per heavy atom. The molecule has 5 heteroatoms. The minimum Gasteiger partial charge on any atom is -0.550 e. The average molecular weight is 186 g/mol. The predicted molar refractivity (Wildman–Crippen MR) is 42.9 cm³/mol. The lowest BCUT2D eigenvalue weighted by molar-refractivity contribution is -0.915. The maximum Gasteiger partial charge on any atom is 0.0905 e. The number of hydrogen-bond acceptors (Lipinski definition) is 3. The van der Waals surface area contributed by atoms with E-state index >= 15 is 0 Å². The standard InChI is InChI=1S/C6H14N2O2.ClH/c1-8(2,3)7-5-4-6(9)10;/h7H,4-5H2,1-3H3;1H/i1D3;. The summed E-state index contributed by atoms with van der Waals surface area (Å²) in [5.74, 6) is -1.20. The third-order valence-corrected chi connectivity index (χ3v) is 0.836. The van der Waals surface area contributed by atoms with Gasteiger partial charge < -0.3 is 9.90 Å². The molecule has 0 fully saturated rings. The average Bonchev–Trinajstić information content (AvgIpc) is 1.82. The topological polar surface area (TPSA) is 52.2 Å². The number of carboxylic acids is 1. The van der Waals surface area contributed by atoms with Gasteiger partial charge in [0.2, 0.25) is 0 Å². The highest BCUT2D eigenvalue weighted by Gasteiger charge is 2.03. The van der Waals surface area contributed by atoms with Crippen molar-refractivity contribution in [3.63, 3.8) is 0 Å². The third-order valence-electron chi connectivity index (χ3n) is 0.836. The highest BCUT2D eigenvalue weighted by Crippen LogP contribution is 1.81. The van der Waals surface area contributed by atoms with Crippen molar-refractivity contribution in [2.24, 2.45) is 0 Å². The largest absolute Gasteiger partial charge is 0.550 e. The molecular formula is C6H15ClN2O2. The molecule has 11 heavy (non-hydrogen) atoms. The maximum absolute atomic E-state index is 10.0. The van der Waals surface area contributed by atoms with Gasteiger partial charge in [-0.15, -0.1) is 12.4 Å². The van der Waals surface area contributed by atoms with Crippen LogP contribution in [-0.2, 0) is 4.79 Å². The number of aliphatic carboxylic acids is 1. The van der Waals surface area contributed by atoms with Crippen LogP contribution in [0, 0.1) is 0 Å². The van der Waals surface area contributed by atoms with Crippen LogP contribution in [0.15, 0.2) is 0 Å². The van der Waals surface area contributed by atoms with Crippen molar-refractivity contribution in [2.75, 3.05) is 27.6 Å². The van der Waals surface area contributed by atoms with Crippen LogP contribution in [0.25, 0.3) is 0 Å². The molecule has 0 aromatic rings. The van der Waals surface area contributed by atoms with Gasteiger partial charge in [-0.2, -0.15) is 5.43 Å². The summed E-state index contributed by atoms with van der Waals surface area (Å²) in [5, 5.41) is 10.0. The highest BCUT2D eigenvalue weighted by atomic mass is 35.5. The monoisotopic (exact) mass is 185 g/mol. The maximum atomic E-state index is 10.0. The number of rotatable bonds is 4. The van der Waals surface area contributed by atoms with Crippen molar-refractivity contribution in [1.29, 1.82) is 0 Å². The molecule has 0 aromatic heterocycles. The fourth-order valence-electron chi connectivity index (χ4n) is 0.437. The first-order valence-corrected chi connectivity index (χ1v) is 2.96. The van der Waals surface area contributed by atoms with Crippen LogP contribution < -0.4 is 10.5 Å². The second-order valence-corrected chi connectivity index (χ2v) is 2.48. The third kappa shape index (κ3) is 12.8. The van der Waals surface area contributed by atoms with Gasteiger partial charge in [0, 0.05) is 18.9 Å². The molecular weight excluding hydrogens is 168 g/mol. The van der Waals surface area contributed by atoms with Gasteiger partial charge in [0.15, 0.2) is 0 Å². The summed E-state index contributed by atoms with van der Waals surface area (Å²) in [4.78, 5) is 10.0. The van der Waals surface area contributed by atoms with Crippen LogP contribution in [0.3, 0.4) is 0 Å². The van der Waals surface area contributed by atoms with E-state index in [1.807, 2.05) is 0 Å². The van der Waals surface area contributed by atoms with E-state index in [-0.39, 0.29) is 25.4 Å². The second kappa shape index (κ2) is 5.35. The summed E-state index contributed by atoms with van der Waals surface area (Å²) < 4.78 is 20.9. The highest BCUT2D eigenvalue weighted by molar-refractivity contribution is 5.85. The second-order valence-electron chi connectivity index (χ2n) is 2.48. The first-order valence-electron chi connectivity index (χ1n) is 4.46. The lowest BCUT2D eigenvalue weighted by Gasteiger charge is -2.23. The van der Waals surface area contributed by atoms with Gasteiger partial charge in [0.25, 0.3) is 0 Å². The first kappa shape index (κ1) is 7.34. The summed E-state index contributed by atoms with van der Waals surface area (Å²) in [5.41, 5.74) is 2.58. The van der Waals surface area contributed by atoms with Crippen molar-refractivity contribution in [1.82, 2.24) is 5.43 Å². The lowest BCUT2D eigenvalue weighted by atomic mass is 10.4. The van der Waals surface area contributed by atoms with E-state index in [0.717, 1.165) is 0 Å². The van der Waals surface area contributed by atoms with Crippen LogP contribution in [0.4, 0.5) is 0 Å². The molecule has 0 aliphatic carbocycles. The zero-order valence-corrected chi connectivity index (χ0v) is 7.40. The molecule has 0 atom stereocenters. The summed E-state index contributed by atoms with van der Waals surface area (Å²) >= 11 is 0. The Bertz CT molecular complexity index is 196. The Morgan fingerprint density at radius 1 is 1.73 bits per heavy atom. The molecule has 1 N–H and O–H groups in total. The van der Waals surface area contributed by atoms with Crippen LogP contribution >= 0.6 is 12.4 Å². The Hall–Kier alpha value is -0.320. The quantitative estimate of drug-likeness (QED) is 0.441.